The molecule has 0 radical (unpaired) electrons. The molecule has 2 bridgehead atoms. The SMILES string of the molecule is C[C@@H]1C(=O)N[C@@H](Cc2cnc[nH]2)C(=O)N[C@H](Cc2ccccc2)C(=O)N[C@@H](CCCN=C(N)N)C(=O)N[C@@H](Cc2c[nH]c3ccccc23)C(=O)N[C@H](C=O)CSSCc2[nH]c(=O)n1c2O. The molecule has 1 aliphatic rings. The van der Waals surface area contributed by atoms with E-state index in [0.717, 1.165) is 26.3 Å². The molecule has 0 unspecified atom stereocenters. The lowest BCUT2D eigenvalue weighted by atomic mass is 10.0. The quantitative estimate of drug-likeness (QED) is 0.0273. The summed E-state index contributed by atoms with van der Waals surface area (Å²) in [6.45, 7) is 1.47. The highest BCUT2D eigenvalue weighted by Crippen LogP contribution is 2.30. The smallest absolute Gasteiger partial charge is 0.329 e. The number of guanidine groups is 1. The molecule has 0 aliphatic carbocycles. The number of fused-ring (bicyclic) bond motifs is 3. The maximum atomic E-state index is 14.5. The van der Waals surface area contributed by atoms with Gasteiger partial charge in [0.25, 0.3) is 0 Å². The minimum Gasteiger partial charge on any atom is -0.493 e. The summed E-state index contributed by atoms with van der Waals surface area (Å²) in [5, 5.41) is 25.6. The summed E-state index contributed by atoms with van der Waals surface area (Å²) in [6, 6.07) is 8.63. The van der Waals surface area contributed by atoms with Crippen LogP contribution in [0.4, 0.5) is 0 Å². The largest absolute Gasteiger partial charge is 0.493 e. The van der Waals surface area contributed by atoms with Crippen molar-refractivity contribution in [1.82, 2.24) is 51.1 Å². The molecule has 23 heteroatoms. The molecule has 6 rings (SSSR count). The third-order valence-electron chi connectivity index (χ3n) is 10.6. The van der Waals surface area contributed by atoms with Gasteiger partial charge in [0.2, 0.25) is 35.4 Å². The second-order valence-electron chi connectivity index (χ2n) is 15.3. The van der Waals surface area contributed by atoms with Gasteiger partial charge in [0.1, 0.15) is 36.5 Å². The minimum absolute atomic E-state index is 0.00402. The number of aldehydes is 1. The van der Waals surface area contributed by atoms with E-state index in [0.29, 0.717) is 23.1 Å². The minimum atomic E-state index is -1.34. The molecule has 344 valence electrons. The van der Waals surface area contributed by atoms with Gasteiger partial charge in [0.15, 0.2) is 5.96 Å². The van der Waals surface area contributed by atoms with Crippen molar-refractivity contribution in [2.45, 2.75) is 81.0 Å². The number of imidazole rings is 2. The number of hydrogen-bond acceptors (Lipinski definition) is 12. The van der Waals surface area contributed by atoms with E-state index < -0.39 is 77.4 Å². The molecule has 6 atom stereocenters. The van der Waals surface area contributed by atoms with Gasteiger partial charge in [0, 0.05) is 66.3 Å². The van der Waals surface area contributed by atoms with E-state index in [4.69, 9.17) is 11.5 Å². The highest BCUT2D eigenvalue weighted by Gasteiger charge is 2.34. The number of carbonyl (C=O) groups excluding carboxylic acids is 6. The maximum absolute atomic E-state index is 14.5. The van der Waals surface area contributed by atoms with Crippen LogP contribution in [-0.4, -0.2) is 114 Å². The number of hydrogen-bond donors (Lipinski definition) is 11. The maximum Gasteiger partial charge on any atom is 0.329 e. The Morgan fingerprint density at radius 3 is 2.17 bits per heavy atom. The number of amides is 5. The predicted molar refractivity (Wildman–Crippen MR) is 245 cm³/mol. The number of aliphatic imine (C=N–C) groups is 1. The number of nitrogens with one attached hydrogen (secondary N) is 8. The number of rotatable bonds is 11. The Morgan fingerprint density at radius 1 is 0.815 bits per heavy atom. The highest BCUT2D eigenvalue weighted by atomic mass is 33.1. The molecule has 0 saturated heterocycles. The Hall–Kier alpha value is -7.01. The fourth-order valence-electron chi connectivity index (χ4n) is 7.18. The Labute approximate surface area is 379 Å². The first-order valence-corrected chi connectivity index (χ1v) is 23.2. The first-order valence-electron chi connectivity index (χ1n) is 20.7. The molecule has 1 aliphatic heterocycles. The van der Waals surface area contributed by atoms with E-state index in [9.17, 15) is 38.7 Å². The van der Waals surface area contributed by atoms with Gasteiger partial charge in [-0.25, -0.2) is 9.78 Å². The van der Waals surface area contributed by atoms with Gasteiger partial charge in [-0.15, -0.1) is 0 Å². The van der Waals surface area contributed by atoms with E-state index in [-0.39, 0.29) is 61.8 Å². The van der Waals surface area contributed by atoms with Crippen LogP contribution in [0.15, 0.2) is 83.1 Å². The molecule has 3 aromatic heterocycles. The third-order valence-corrected chi connectivity index (χ3v) is 12.9. The summed E-state index contributed by atoms with van der Waals surface area (Å²) in [6.07, 6.45) is 5.16. The first kappa shape index (κ1) is 47.5. The number of aromatic nitrogens is 5. The van der Waals surface area contributed by atoms with Gasteiger partial charge in [-0.1, -0.05) is 70.1 Å². The summed E-state index contributed by atoms with van der Waals surface area (Å²) in [7, 11) is 2.33. The van der Waals surface area contributed by atoms with Crippen LogP contribution < -0.4 is 43.7 Å². The van der Waals surface area contributed by atoms with Crippen LogP contribution in [0.3, 0.4) is 0 Å². The fraction of sp³-hybridized carbons (Fsp3) is 0.357. The summed E-state index contributed by atoms with van der Waals surface area (Å²) < 4.78 is 0.849. The number of nitrogens with two attached hydrogens (primary N) is 2. The van der Waals surface area contributed by atoms with Crippen molar-refractivity contribution < 1.29 is 33.9 Å². The summed E-state index contributed by atoms with van der Waals surface area (Å²) >= 11 is 0. The van der Waals surface area contributed by atoms with Crippen molar-refractivity contribution in [2.24, 2.45) is 16.5 Å². The van der Waals surface area contributed by atoms with Crippen LogP contribution in [-0.2, 0) is 53.8 Å². The lowest BCUT2D eigenvalue weighted by Gasteiger charge is -2.27. The average molecular weight is 930 g/mol. The zero-order valence-electron chi connectivity index (χ0n) is 35.2. The standard InChI is InChI=1S/C42H51N13O8S2/c1-23-35(57)51-33(16-26-18-45-22-48-26)39(61)52-31(14-24-8-3-2-4-9-24)38(60)50-30(12-7-13-46-41(43)44)36(58)53-32(15-25-17-47-29-11-6-5-10-28(25)29)37(59)49-27(19-56)20-64-65-21-34-40(62)55(23)42(63)54-34/h2-6,8-11,17-19,22-23,27,30-33,47,62H,7,12-16,20-21H2,1H3,(H,45,48)(H,49,59)(H,50,60)(H,51,57)(H,52,61)(H,53,58)(H,54,63)(H4,43,44,46)/t23-,27-,30+,31-,32+,33+/m1/s1. The average Bonchev–Trinajstić information content (AvgIpc) is 4.03. The molecule has 5 amide bonds. The monoisotopic (exact) mass is 929 g/mol. The lowest BCUT2D eigenvalue weighted by Crippen LogP contribution is -2.59. The Kier molecular flexibility index (Phi) is 16.5. The fourth-order valence-corrected chi connectivity index (χ4v) is 9.32. The highest BCUT2D eigenvalue weighted by molar-refractivity contribution is 8.76. The van der Waals surface area contributed by atoms with Crippen LogP contribution in [0.1, 0.15) is 48.3 Å². The molecule has 4 heterocycles. The number of benzene rings is 2. The molecular weight excluding hydrogens is 879 g/mol. The topological polar surface area (TPSA) is 329 Å². The van der Waals surface area contributed by atoms with Crippen LogP contribution >= 0.6 is 21.6 Å². The number of nitrogens with zero attached hydrogens (tertiary/aromatic N) is 3. The first-order chi connectivity index (χ1) is 31.3. The molecule has 21 nitrogen and oxygen atoms in total. The van der Waals surface area contributed by atoms with E-state index in [1.807, 2.05) is 24.3 Å². The summed E-state index contributed by atoms with van der Waals surface area (Å²) in [4.78, 5) is 113. The van der Waals surface area contributed by atoms with E-state index >= 15 is 0 Å². The van der Waals surface area contributed by atoms with E-state index in [2.05, 4.69) is 51.5 Å². The Bertz CT molecular complexity index is 2540. The van der Waals surface area contributed by atoms with Crippen LogP contribution in [0.25, 0.3) is 10.9 Å². The van der Waals surface area contributed by atoms with Crippen molar-refractivity contribution >= 4 is 74.3 Å². The molecule has 13 N–H and O–H groups in total. The molecule has 2 aromatic carbocycles. The van der Waals surface area contributed by atoms with Crippen molar-refractivity contribution in [3.8, 4) is 5.88 Å². The van der Waals surface area contributed by atoms with E-state index in [1.54, 1.807) is 36.5 Å². The molecule has 65 heavy (non-hydrogen) atoms. The molecule has 0 fully saturated rings. The van der Waals surface area contributed by atoms with Crippen LogP contribution in [0, 0.1) is 0 Å². The van der Waals surface area contributed by atoms with Gasteiger partial charge in [-0.05, 0) is 37.0 Å². The Morgan fingerprint density at radius 2 is 1.46 bits per heavy atom. The number of para-hydroxylation sites is 1. The van der Waals surface area contributed by atoms with Crippen molar-refractivity contribution in [3.05, 3.63) is 106 Å². The lowest BCUT2D eigenvalue weighted by molar-refractivity contribution is -0.135. The second-order valence-corrected chi connectivity index (χ2v) is 17.8. The zero-order chi connectivity index (χ0) is 46.5. The molecule has 0 saturated carbocycles. The number of H-pyrrole nitrogens is 3. The van der Waals surface area contributed by atoms with Crippen LogP contribution in [0.2, 0.25) is 0 Å². The number of aromatic amines is 3. The van der Waals surface area contributed by atoms with Crippen molar-refractivity contribution in [2.75, 3.05) is 12.3 Å². The van der Waals surface area contributed by atoms with Crippen molar-refractivity contribution in [3.63, 3.8) is 0 Å². The number of carbonyl (C=O) groups is 6. The molecular formula is C42H51N13O8S2. The zero-order valence-corrected chi connectivity index (χ0v) is 36.9. The second kappa shape index (κ2) is 22.6. The Balaban J connectivity index is 1.37. The van der Waals surface area contributed by atoms with Gasteiger partial charge >= 0.3 is 5.69 Å². The normalized spacial score (nSPS) is 21.9. The van der Waals surface area contributed by atoms with Gasteiger partial charge in [-0.2, -0.15) is 0 Å². The number of aromatic hydroxyl groups is 1. The summed E-state index contributed by atoms with van der Waals surface area (Å²) in [5.41, 5.74) is 13.0. The van der Waals surface area contributed by atoms with Gasteiger partial charge in [0.05, 0.1) is 18.1 Å². The van der Waals surface area contributed by atoms with E-state index in [1.165, 1.54) is 30.2 Å². The summed E-state index contributed by atoms with van der Waals surface area (Å²) in [5.74, 6) is -4.38. The van der Waals surface area contributed by atoms with Gasteiger partial charge < -0.3 is 62.9 Å². The third kappa shape index (κ3) is 12.8. The molecule has 0 spiro atoms. The van der Waals surface area contributed by atoms with Gasteiger partial charge in [-0.3, -0.25) is 33.5 Å². The van der Waals surface area contributed by atoms with Crippen molar-refractivity contribution in [1.29, 1.82) is 0 Å². The predicted octanol–water partition coefficient (Wildman–Crippen LogP) is -0.0530. The van der Waals surface area contributed by atoms with Crippen LogP contribution in [0.5, 0.6) is 5.88 Å². The molecule has 5 aromatic rings.